The summed E-state index contributed by atoms with van der Waals surface area (Å²) in [7, 11) is 1.18. The minimum absolute atomic E-state index is 0.0316. The van der Waals surface area contributed by atoms with E-state index in [0.29, 0.717) is 17.4 Å². The predicted octanol–water partition coefficient (Wildman–Crippen LogP) is 26.5. The van der Waals surface area contributed by atoms with E-state index in [0.717, 1.165) is 89.9 Å². The van der Waals surface area contributed by atoms with Crippen molar-refractivity contribution in [2.45, 2.75) is 380 Å². The molecule has 0 saturated carbocycles. The monoisotopic (exact) mass is 1360 g/mol. The number of phosphoric ester groups is 1. The van der Waals surface area contributed by atoms with E-state index in [1.807, 2.05) is 21.1 Å². The first-order valence-corrected chi connectivity index (χ1v) is 42.1. The summed E-state index contributed by atoms with van der Waals surface area (Å²) in [6, 6.07) is 0. The molecule has 0 amide bonds. The molecule has 10 heteroatoms. The van der Waals surface area contributed by atoms with Gasteiger partial charge in [-0.2, -0.15) is 0 Å². The van der Waals surface area contributed by atoms with E-state index in [2.05, 4.69) is 123 Å². The number of carbonyl (C=O) groups is 2. The van der Waals surface area contributed by atoms with E-state index in [1.165, 1.54) is 250 Å². The smallest absolute Gasteiger partial charge is 0.306 e. The third-order valence-corrected chi connectivity index (χ3v) is 18.7. The lowest BCUT2D eigenvalue weighted by molar-refractivity contribution is -0.870. The van der Waals surface area contributed by atoms with Crippen molar-refractivity contribution in [3.8, 4) is 0 Å². The van der Waals surface area contributed by atoms with Crippen LogP contribution in [-0.4, -0.2) is 70.0 Å². The molecule has 0 saturated heterocycles. The summed E-state index contributed by atoms with van der Waals surface area (Å²) < 4.78 is 34.4. The van der Waals surface area contributed by atoms with Crippen LogP contribution in [0, 0.1) is 0 Å². The number of quaternary nitrogens is 1. The molecule has 2 atom stereocenters. The molecule has 0 aliphatic carbocycles. The number of phosphoric acid groups is 1. The van der Waals surface area contributed by atoms with Gasteiger partial charge in [-0.3, -0.25) is 14.2 Å². The molecular formula is C86H154NO8P. The predicted molar refractivity (Wildman–Crippen MR) is 415 cm³/mol. The lowest BCUT2D eigenvalue weighted by Gasteiger charge is -2.28. The molecule has 0 radical (unpaired) electrons. The molecule has 96 heavy (non-hydrogen) atoms. The van der Waals surface area contributed by atoms with Crippen LogP contribution in [-0.2, 0) is 32.7 Å². The SMILES string of the molecule is CC/C=C\C/C=C\C/C=C\C/C=C\C/C=C\C/C=C\C/C=C\CCCCCCCCCCCCCCCCCCCC(=O)OC(COC(=O)CCCCCCCCCCCCCCCCCCCCCCC/C=C\C/C=C\CCCCCCC)COP(=O)([O-])OCC[N+](C)(C)C. The Kier molecular flexibility index (Phi) is 73.2. The Balaban J connectivity index is 3.95. The highest BCUT2D eigenvalue weighted by Crippen LogP contribution is 2.38. The van der Waals surface area contributed by atoms with Gasteiger partial charge < -0.3 is 27.9 Å². The van der Waals surface area contributed by atoms with Gasteiger partial charge in [0, 0.05) is 12.8 Å². The van der Waals surface area contributed by atoms with Gasteiger partial charge in [-0.25, -0.2) is 0 Å². The summed E-state index contributed by atoms with van der Waals surface area (Å²) in [6.07, 6.45) is 108. The maximum Gasteiger partial charge on any atom is 0.306 e. The van der Waals surface area contributed by atoms with Crippen molar-refractivity contribution >= 4 is 19.8 Å². The van der Waals surface area contributed by atoms with E-state index in [-0.39, 0.29) is 32.0 Å². The van der Waals surface area contributed by atoms with Crippen LogP contribution in [0.5, 0.6) is 0 Å². The van der Waals surface area contributed by atoms with Crippen LogP contribution in [0.3, 0.4) is 0 Å². The number of carbonyl (C=O) groups excluding carboxylic acids is 2. The van der Waals surface area contributed by atoms with Gasteiger partial charge in [-0.15, -0.1) is 0 Å². The summed E-state index contributed by atoms with van der Waals surface area (Å²) in [5.41, 5.74) is 0. The maximum atomic E-state index is 12.9. The van der Waals surface area contributed by atoms with Crippen LogP contribution < -0.4 is 4.89 Å². The lowest BCUT2D eigenvalue weighted by atomic mass is 10.0. The fraction of sp³-hybridized carbons (Fsp3) is 0.767. The highest BCUT2D eigenvalue weighted by molar-refractivity contribution is 7.45. The number of allylic oxidation sites excluding steroid dienone is 18. The summed E-state index contributed by atoms with van der Waals surface area (Å²) >= 11 is 0. The summed E-state index contributed by atoms with van der Waals surface area (Å²) in [6.45, 7) is 4.16. The lowest BCUT2D eigenvalue weighted by Crippen LogP contribution is -2.37. The second kappa shape index (κ2) is 75.9. The molecule has 9 nitrogen and oxygen atoms in total. The first kappa shape index (κ1) is 92.7. The molecule has 0 rings (SSSR count). The normalized spacial score (nSPS) is 13.6. The molecule has 0 heterocycles. The maximum absolute atomic E-state index is 12.9. The molecular weight excluding hydrogens is 1210 g/mol. The van der Waals surface area contributed by atoms with Crippen molar-refractivity contribution in [2.75, 3.05) is 47.5 Å². The van der Waals surface area contributed by atoms with Gasteiger partial charge in [0.2, 0.25) is 0 Å². The fourth-order valence-electron chi connectivity index (χ4n) is 11.6. The van der Waals surface area contributed by atoms with E-state index in [1.54, 1.807) is 0 Å². The van der Waals surface area contributed by atoms with Crippen LogP contribution in [0.15, 0.2) is 109 Å². The standard InChI is InChI=1S/C86H154NO8P/c1-6-8-10-12-14-16-18-20-22-24-26-28-30-32-34-36-38-40-41-42-43-44-45-47-49-51-53-55-57-59-61-63-65-67-69-71-73-75-77-79-86(89)95-84(83-94-96(90,91)93-81-80-87(3,4)5)82-92-85(88)78-76-74-72-70-68-66-64-62-60-58-56-54-52-50-48-46-39-37-35-33-31-29-27-25-23-21-19-17-15-13-11-9-7-2/h8,10,14,16,19-22,25-28,32,34,38,40,42-43,84H,6-7,9,11-13,15,17-18,23-24,29-31,33,35-37,39,41,44-83H2,1-5H3/b10-8-,16-14-,21-19-,22-20-,27-25-,28-26-,34-32-,40-38-,43-42-. The van der Waals surface area contributed by atoms with Gasteiger partial charge in [-0.1, -0.05) is 367 Å². The summed E-state index contributed by atoms with van der Waals surface area (Å²) in [4.78, 5) is 38.2. The van der Waals surface area contributed by atoms with Crippen molar-refractivity contribution < 1.29 is 42.1 Å². The Morgan fingerprint density at radius 3 is 0.885 bits per heavy atom. The third-order valence-electron chi connectivity index (χ3n) is 17.8. The summed E-state index contributed by atoms with van der Waals surface area (Å²) in [5, 5.41) is 0. The largest absolute Gasteiger partial charge is 0.756 e. The van der Waals surface area contributed by atoms with Crippen LogP contribution >= 0.6 is 7.82 Å². The van der Waals surface area contributed by atoms with E-state index >= 15 is 0 Å². The first-order chi connectivity index (χ1) is 47.0. The number of likely N-dealkylation sites (N-methyl/N-ethyl adjacent to an activating group) is 1. The number of esters is 2. The average Bonchev–Trinajstić information content (AvgIpc) is 1.98. The number of rotatable bonds is 75. The van der Waals surface area contributed by atoms with E-state index in [4.69, 9.17) is 18.5 Å². The van der Waals surface area contributed by atoms with Gasteiger partial charge in [-0.05, 0) is 103 Å². The van der Waals surface area contributed by atoms with Gasteiger partial charge in [0.1, 0.15) is 19.8 Å². The molecule has 0 bridgehead atoms. The molecule has 0 aromatic rings. The van der Waals surface area contributed by atoms with Crippen LogP contribution in [0.25, 0.3) is 0 Å². The number of ether oxygens (including phenoxy) is 2. The van der Waals surface area contributed by atoms with Crippen molar-refractivity contribution in [2.24, 2.45) is 0 Å². The quantitative estimate of drug-likeness (QED) is 0.0195. The van der Waals surface area contributed by atoms with Crippen LogP contribution in [0.4, 0.5) is 0 Å². The zero-order chi connectivity index (χ0) is 69.7. The zero-order valence-corrected chi connectivity index (χ0v) is 64.5. The minimum atomic E-state index is -4.65. The van der Waals surface area contributed by atoms with E-state index in [9.17, 15) is 19.0 Å². The van der Waals surface area contributed by atoms with Gasteiger partial charge in [0.15, 0.2) is 6.10 Å². The molecule has 0 aliphatic rings. The van der Waals surface area contributed by atoms with Crippen molar-refractivity contribution in [3.63, 3.8) is 0 Å². The number of nitrogens with zero attached hydrogens (tertiary/aromatic N) is 1. The topological polar surface area (TPSA) is 111 Å². The Hall–Kier alpha value is -3.33. The highest BCUT2D eigenvalue weighted by Gasteiger charge is 2.22. The molecule has 0 aliphatic heterocycles. The van der Waals surface area contributed by atoms with Crippen molar-refractivity contribution in [1.82, 2.24) is 0 Å². The van der Waals surface area contributed by atoms with Crippen molar-refractivity contribution in [3.05, 3.63) is 109 Å². The average molecular weight is 1360 g/mol. The van der Waals surface area contributed by atoms with Crippen molar-refractivity contribution in [1.29, 1.82) is 0 Å². The molecule has 556 valence electrons. The molecule has 0 fully saturated rings. The fourth-order valence-corrected chi connectivity index (χ4v) is 12.3. The third kappa shape index (κ3) is 79.7. The number of hydrogen-bond donors (Lipinski definition) is 0. The van der Waals surface area contributed by atoms with Gasteiger partial charge >= 0.3 is 11.9 Å². The van der Waals surface area contributed by atoms with Crippen LogP contribution in [0.2, 0.25) is 0 Å². The highest BCUT2D eigenvalue weighted by atomic mass is 31.2. The number of hydrogen-bond acceptors (Lipinski definition) is 8. The molecule has 2 unspecified atom stereocenters. The van der Waals surface area contributed by atoms with Gasteiger partial charge in [0.25, 0.3) is 7.82 Å². The molecule has 0 aromatic heterocycles. The number of unbranched alkanes of at least 4 members (excludes halogenated alkanes) is 43. The Morgan fingerprint density at radius 2 is 0.594 bits per heavy atom. The minimum Gasteiger partial charge on any atom is -0.756 e. The molecule has 0 spiro atoms. The summed E-state index contributed by atoms with van der Waals surface area (Å²) in [5.74, 6) is -0.818. The second-order valence-corrected chi connectivity index (χ2v) is 29.8. The second-order valence-electron chi connectivity index (χ2n) is 28.4. The Labute approximate surface area is 595 Å². The molecule has 0 N–H and O–H groups in total. The van der Waals surface area contributed by atoms with Gasteiger partial charge in [0.05, 0.1) is 27.7 Å². The Morgan fingerprint density at radius 1 is 0.333 bits per heavy atom. The van der Waals surface area contributed by atoms with Crippen LogP contribution in [0.1, 0.15) is 373 Å². The zero-order valence-electron chi connectivity index (χ0n) is 63.6. The van der Waals surface area contributed by atoms with E-state index < -0.39 is 26.5 Å². The molecule has 0 aromatic carbocycles. The Bertz CT molecular complexity index is 1990. The first-order valence-electron chi connectivity index (χ1n) is 40.6.